The van der Waals surface area contributed by atoms with Crippen molar-refractivity contribution in [3.8, 4) is 0 Å². The topological polar surface area (TPSA) is 49.3 Å². The molecule has 0 radical (unpaired) electrons. The van der Waals surface area contributed by atoms with E-state index in [1.54, 1.807) is 11.8 Å². The maximum absolute atomic E-state index is 12.7. The van der Waals surface area contributed by atoms with E-state index in [0.29, 0.717) is 10.3 Å². The van der Waals surface area contributed by atoms with Gasteiger partial charge < -0.3 is 9.80 Å². The quantitative estimate of drug-likeness (QED) is 0.264. The second-order valence-electron chi connectivity index (χ2n) is 8.28. The van der Waals surface area contributed by atoms with Crippen LogP contribution in [0.25, 0.3) is 0 Å². The third kappa shape index (κ3) is 6.84. The number of hydrogen-bond acceptors (Lipinski definition) is 5. The van der Waals surface area contributed by atoms with Gasteiger partial charge in [-0.15, -0.1) is 0 Å². The molecule has 0 unspecified atom stereocenters. The van der Waals surface area contributed by atoms with E-state index in [4.69, 9.17) is 16.6 Å². The summed E-state index contributed by atoms with van der Waals surface area (Å²) < 4.78 is 0. The zero-order chi connectivity index (χ0) is 22.2. The van der Waals surface area contributed by atoms with Crippen LogP contribution in [0, 0.1) is 5.92 Å². The monoisotopic (exact) mass is 460 g/mol. The van der Waals surface area contributed by atoms with Gasteiger partial charge >= 0.3 is 0 Å². The fourth-order valence-electron chi connectivity index (χ4n) is 3.78. The smallest absolute Gasteiger partial charge is 0.253 e. The number of anilines is 1. The predicted molar refractivity (Wildman–Crippen MR) is 130 cm³/mol. The summed E-state index contributed by atoms with van der Waals surface area (Å²) in [4.78, 5) is 26.1. The fourth-order valence-corrected chi connectivity index (χ4v) is 4.82. The Balaban J connectivity index is 1.62. The Bertz CT molecular complexity index is 847. The van der Waals surface area contributed by atoms with Crippen LogP contribution < -0.4 is 4.90 Å². The molecule has 1 fully saturated rings. The summed E-state index contributed by atoms with van der Waals surface area (Å²) in [5.41, 5.74) is 1.88. The number of halogens is 1. The average Bonchev–Trinajstić information content (AvgIpc) is 2.77. The van der Waals surface area contributed by atoms with Crippen molar-refractivity contribution in [1.82, 2.24) is 14.9 Å². The summed E-state index contributed by atoms with van der Waals surface area (Å²) >= 11 is 7.86. The summed E-state index contributed by atoms with van der Waals surface area (Å²) in [6.07, 6.45) is 4.31. The molecular weight excluding hydrogens is 428 g/mol. The summed E-state index contributed by atoms with van der Waals surface area (Å²) in [7, 11) is 0. The van der Waals surface area contributed by atoms with E-state index in [-0.39, 0.29) is 5.91 Å². The molecule has 7 heteroatoms. The summed E-state index contributed by atoms with van der Waals surface area (Å²) in [5, 5.41) is 1.18. The lowest BCUT2D eigenvalue weighted by Gasteiger charge is -2.31. The Morgan fingerprint density at radius 1 is 1.13 bits per heavy atom. The first-order chi connectivity index (χ1) is 15.0. The Morgan fingerprint density at radius 2 is 1.77 bits per heavy atom. The molecule has 1 aliphatic rings. The average molecular weight is 461 g/mol. The van der Waals surface area contributed by atoms with Gasteiger partial charge in [0.05, 0.1) is 0 Å². The van der Waals surface area contributed by atoms with E-state index in [1.807, 2.05) is 35.2 Å². The molecule has 5 nitrogen and oxygen atoms in total. The zero-order valence-corrected chi connectivity index (χ0v) is 20.4. The standard InChI is InChI=1S/C24H33ClN4OS/c1-4-12-29(13-5-2)23(30)20-8-6-19(7-9-20)17-31-24-26-21(25)16-22(27-24)28-14-10-18(3)11-15-28/h6-9,16,18H,4-5,10-15,17H2,1-3H3. The van der Waals surface area contributed by atoms with Gasteiger partial charge in [0.2, 0.25) is 0 Å². The molecular formula is C24H33ClN4OS. The number of piperidine rings is 1. The van der Waals surface area contributed by atoms with Gasteiger partial charge in [-0.25, -0.2) is 9.97 Å². The number of aromatic nitrogens is 2. The molecule has 2 aromatic rings. The first-order valence-electron chi connectivity index (χ1n) is 11.3. The maximum Gasteiger partial charge on any atom is 0.253 e. The highest BCUT2D eigenvalue weighted by molar-refractivity contribution is 7.98. The minimum atomic E-state index is 0.113. The Morgan fingerprint density at radius 3 is 2.39 bits per heavy atom. The lowest BCUT2D eigenvalue weighted by Crippen LogP contribution is -2.33. The molecule has 0 saturated carbocycles. The Labute approximate surface area is 195 Å². The Kier molecular flexibility index (Phi) is 9.02. The summed E-state index contributed by atoms with van der Waals surface area (Å²) in [5.74, 6) is 2.54. The third-order valence-electron chi connectivity index (χ3n) is 5.61. The molecule has 3 rings (SSSR count). The van der Waals surface area contributed by atoms with Gasteiger partial charge in [0.15, 0.2) is 5.16 Å². The third-order valence-corrected chi connectivity index (χ3v) is 6.72. The SMILES string of the molecule is CCCN(CCC)C(=O)c1ccc(CSc2nc(Cl)cc(N3CCC(C)CC3)n2)cc1. The van der Waals surface area contributed by atoms with Gasteiger partial charge in [-0.05, 0) is 49.3 Å². The number of hydrogen-bond donors (Lipinski definition) is 0. The molecule has 1 aromatic carbocycles. The highest BCUT2D eigenvalue weighted by Crippen LogP contribution is 2.27. The van der Waals surface area contributed by atoms with Crippen molar-refractivity contribution < 1.29 is 4.79 Å². The van der Waals surface area contributed by atoms with Crippen molar-refractivity contribution in [2.75, 3.05) is 31.1 Å². The first-order valence-corrected chi connectivity index (χ1v) is 12.7. The van der Waals surface area contributed by atoms with E-state index >= 15 is 0 Å². The van der Waals surface area contributed by atoms with Crippen molar-refractivity contribution in [2.24, 2.45) is 5.92 Å². The fraction of sp³-hybridized carbons (Fsp3) is 0.542. The number of benzene rings is 1. The van der Waals surface area contributed by atoms with E-state index in [0.717, 1.165) is 67.6 Å². The molecule has 168 valence electrons. The van der Waals surface area contributed by atoms with Crippen LogP contribution in [0.4, 0.5) is 5.82 Å². The number of nitrogens with zero attached hydrogens (tertiary/aromatic N) is 4. The van der Waals surface area contributed by atoms with Crippen LogP contribution in [0.2, 0.25) is 5.15 Å². The number of carbonyl (C=O) groups is 1. The second-order valence-corrected chi connectivity index (χ2v) is 9.61. The minimum Gasteiger partial charge on any atom is -0.356 e. The predicted octanol–water partition coefficient (Wildman–Crippen LogP) is 5.92. The van der Waals surface area contributed by atoms with Crippen molar-refractivity contribution in [3.05, 3.63) is 46.6 Å². The molecule has 1 aromatic heterocycles. The molecule has 0 aliphatic carbocycles. The van der Waals surface area contributed by atoms with Crippen LogP contribution in [0.5, 0.6) is 0 Å². The highest BCUT2D eigenvalue weighted by Gasteiger charge is 2.18. The van der Waals surface area contributed by atoms with E-state index in [2.05, 4.69) is 30.7 Å². The van der Waals surface area contributed by atoms with Gasteiger partial charge in [-0.1, -0.05) is 56.3 Å². The zero-order valence-electron chi connectivity index (χ0n) is 18.8. The van der Waals surface area contributed by atoms with E-state index < -0.39 is 0 Å². The van der Waals surface area contributed by atoms with Gasteiger partial charge in [0.25, 0.3) is 5.91 Å². The first kappa shape index (κ1) is 23.9. The maximum atomic E-state index is 12.7. The van der Waals surface area contributed by atoms with Gasteiger partial charge in [-0.2, -0.15) is 0 Å². The van der Waals surface area contributed by atoms with Crippen LogP contribution in [-0.4, -0.2) is 47.0 Å². The van der Waals surface area contributed by atoms with Crippen LogP contribution in [0.3, 0.4) is 0 Å². The van der Waals surface area contributed by atoms with Crippen molar-refractivity contribution in [3.63, 3.8) is 0 Å². The van der Waals surface area contributed by atoms with Crippen molar-refractivity contribution in [2.45, 2.75) is 57.4 Å². The van der Waals surface area contributed by atoms with Crippen LogP contribution >= 0.6 is 23.4 Å². The molecule has 1 saturated heterocycles. The summed E-state index contributed by atoms with van der Waals surface area (Å²) in [6, 6.07) is 9.76. The van der Waals surface area contributed by atoms with Crippen molar-refractivity contribution >= 4 is 35.1 Å². The molecule has 0 spiro atoms. The molecule has 31 heavy (non-hydrogen) atoms. The number of rotatable bonds is 9. The number of carbonyl (C=O) groups excluding carboxylic acids is 1. The molecule has 0 bridgehead atoms. The van der Waals surface area contributed by atoms with Crippen LogP contribution in [-0.2, 0) is 5.75 Å². The Hall–Kier alpha value is -1.79. The number of thioether (sulfide) groups is 1. The molecule has 1 amide bonds. The second kappa shape index (κ2) is 11.7. The van der Waals surface area contributed by atoms with Gasteiger partial charge in [0, 0.05) is 43.6 Å². The molecule has 2 heterocycles. The van der Waals surface area contributed by atoms with Crippen LogP contribution in [0.15, 0.2) is 35.5 Å². The summed E-state index contributed by atoms with van der Waals surface area (Å²) in [6.45, 7) is 10.1. The number of amides is 1. The van der Waals surface area contributed by atoms with Crippen LogP contribution in [0.1, 0.15) is 62.4 Å². The van der Waals surface area contributed by atoms with Gasteiger partial charge in [-0.3, -0.25) is 4.79 Å². The minimum absolute atomic E-state index is 0.113. The lowest BCUT2D eigenvalue weighted by molar-refractivity contribution is 0.0755. The highest BCUT2D eigenvalue weighted by atomic mass is 35.5. The molecule has 0 N–H and O–H groups in total. The lowest BCUT2D eigenvalue weighted by atomic mass is 9.99. The normalized spacial score (nSPS) is 14.6. The van der Waals surface area contributed by atoms with Gasteiger partial charge in [0.1, 0.15) is 11.0 Å². The molecule has 1 aliphatic heterocycles. The van der Waals surface area contributed by atoms with E-state index in [9.17, 15) is 4.79 Å². The van der Waals surface area contributed by atoms with E-state index in [1.165, 1.54) is 12.8 Å². The largest absolute Gasteiger partial charge is 0.356 e. The molecule has 0 atom stereocenters. The van der Waals surface area contributed by atoms with Crippen molar-refractivity contribution in [1.29, 1.82) is 0 Å².